The molecule has 2 amide bonds. The summed E-state index contributed by atoms with van der Waals surface area (Å²) in [6, 6.07) is 19.7. The van der Waals surface area contributed by atoms with Gasteiger partial charge in [-0.3, -0.25) is 9.59 Å². The first kappa shape index (κ1) is 30.0. The quantitative estimate of drug-likeness (QED) is 0.260. The summed E-state index contributed by atoms with van der Waals surface area (Å²) in [6.07, 6.45) is 1.21. The van der Waals surface area contributed by atoms with Gasteiger partial charge in [0.2, 0.25) is 5.91 Å². The van der Waals surface area contributed by atoms with Crippen LogP contribution < -0.4 is 10.1 Å². The molecule has 1 N–H and O–H groups in total. The molecule has 0 spiro atoms. The third-order valence-electron chi connectivity index (χ3n) is 5.88. The lowest BCUT2D eigenvalue weighted by molar-refractivity contribution is -0.143. The molecule has 3 aromatic rings. The Morgan fingerprint density at radius 1 is 1.00 bits per heavy atom. The fourth-order valence-electron chi connectivity index (χ4n) is 3.94. The van der Waals surface area contributed by atoms with Gasteiger partial charge in [-0.1, -0.05) is 72.6 Å². The number of aryl methyl sites for hydroxylation is 1. The van der Waals surface area contributed by atoms with E-state index in [0.29, 0.717) is 27.8 Å². The minimum atomic E-state index is -0.801. The van der Waals surface area contributed by atoms with Crippen LogP contribution in [0.4, 0.5) is 0 Å². The van der Waals surface area contributed by atoms with Gasteiger partial charge in [-0.05, 0) is 84.1 Å². The van der Waals surface area contributed by atoms with Crippen molar-refractivity contribution in [3.63, 3.8) is 0 Å². The van der Waals surface area contributed by atoms with Crippen molar-refractivity contribution in [1.29, 1.82) is 0 Å². The van der Waals surface area contributed by atoms with Crippen LogP contribution in [-0.2, 0) is 29.0 Å². The van der Waals surface area contributed by atoms with Gasteiger partial charge in [0.05, 0.1) is 4.47 Å². The summed E-state index contributed by atoms with van der Waals surface area (Å²) in [7, 11) is 0. The molecule has 0 aliphatic rings. The number of benzene rings is 3. The van der Waals surface area contributed by atoms with Crippen molar-refractivity contribution in [2.75, 3.05) is 6.61 Å². The first-order valence-electron chi connectivity index (χ1n) is 12.5. The maximum absolute atomic E-state index is 13.8. The topological polar surface area (TPSA) is 58.6 Å². The zero-order chi connectivity index (χ0) is 27.9. The van der Waals surface area contributed by atoms with Crippen molar-refractivity contribution in [1.82, 2.24) is 10.2 Å². The lowest BCUT2D eigenvalue weighted by Gasteiger charge is -2.34. The first-order chi connectivity index (χ1) is 18.0. The van der Waals surface area contributed by atoms with Crippen LogP contribution in [0, 0.1) is 0 Å². The van der Waals surface area contributed by atoms with Crippen LogP contribution in [0.2, 0.25) is 10.0 Å². The largest absolute Gasteiger partial charge is 0.483 e. The zero-order valence-corrected chi connectivity index (χ0v) is 25.2. The molecule has 0 aliphatic carbocycles. The van der Waals surface area contributed by atoms with Gasteiger partial charge < -0.3 is 15.0 Å². The second kappa shape index (κ2) is 13.5. The first-order valence-corrected chi connectivity index (χ1v) is 14.0. The summed E-state index contributed by atoms with van der Waals surface area (Å²) in [4.78, 5) is 28.9. The number of rotatable bonds is 10. The number of halogens is 3. The van der Waals surface area contributed by atoms with E-state index in [1.807, 2.05) is 69.3 Å². The Kier molecular flexibility index (Phi) is 10.7. The van der Waals surface area contributed by atoms with Crippen LogP contribution in [0.15, 0.2) is 71.2 Å². The number of ether oxygens (including phenoxy) is 1. The summed E-state index contributed by atoms with van der Waals surface area (Å²) < 4.78 is 6.69. The second-order valence-electron chi connectivity index (χ2n) is 10.1. The summed E-state index contributed by atoms with van der Waals surface area (Å²) in [5, 5.41) is 3.96. The standard InChI is InChI=1S/C30H33BrCl2N2O3/c1-5-20-11-14-27(24(31)15-20)38-19-28(36)35(18-22-12-13-23(32)17-25(22)33)26(29(37)34-30(2,3)4)16-21-9-7-6-8-10-21/h6-15,17,26H,5,16,18-19H2,1-4H3,(H,34,37). The Morgan fingerprint density at radius 2 is 1.71 bits per heavy atom. The molecule has 0 radical (unpaired) electrons. The van der Waals surface area contributed by atoms with Gasteiger partial charge in [0.1, 0.15) is 11.8 Å². The van der Waals surface area contributed by atoms with Crippen molar-refractivity contribution >= 4 is 50.9 Å². The van der Waals surface area contributed by atoms with E-state index in [9.17, 15) is 9.59 Å². The van der Waals surface area contributed by atoms with Crippen LogP contribution in [0.25, 0.3) is 0 Å². The van der Waals surface area contributed by atoms with Gasteiger partial charge in [-0.15, -0.1) is 0 Å². The molecule has 1 atom stereocenters. The Labute approximate surface area is 243 Å². The number of amides is 2. The van der Waals surface area contributed by atoms with Crippen LogP contribution in [0.3, 0.4) is 0 Å². The van der Waals surface area contributed by atoms with Crippen molar-refractivity contribution < 1.29 is 14.3 Å². The highest BCUT2D eigenvalue weighted by Crippen LogP contribution is 2.27. The Balaban J connectivity index is 1.96. The normalized spacial score (nSPS) is 12.1. The van der Waals surface area contributed by atoms with Crippen molar-refractivity contribution in [3.8, 4) is 5.75 Å². The smallest absolute Gasteiger partial charge is 0.261 e. The van der Waals surface area contributed by atoms with Crippen molar-refractivity contribution in [3.05, 3.63) is 97.9 Å². The van der Waals surface area contributed by atoms with Crippen LogP contribution in [-0.4, -0.2) is 34.9 Å². The van der Waals surface area contributed by atoms with Crippen LogP contribution >= 0.6 is 39.1 Å². The Bertz CT molecular complexity index is 1260. The molecule has 3 aromatic carbocycles. The molecular formula is C30H33BrCl2N2O3. The summed E-state index contributed by atoms with van der Waals surface area (Å²) in [5.41, 5.74) is 2.28. The fourth-order valence-corrected chi connectivity index (χ4v) is 4.95. The van der Waals surface area contributed by atoms with E-state index in [4.69, 9.17) is 27.9 Å². The minimum Gasteiger partial charge on any atom is -0.483 e. The van der Waals surface area contributed by atoms with Gasteiger partial charge in [0.25, 0.3) is 5.91 Å². The molecule has 0 aromatic heterocycles. The van der Waals surface area contributed by atoms with Gasteiger partial charge in [-0.25, -0.2) is 0 Å². The van der Waals surface area contributed by atoms with E-state index >= 15 is 0 Å². The predicted octanol–water partition coefficient (Wildman–Crippen LogP) is 7.25. The van der Waals surface area contributed by atoms with Crippen molar-refractivity contribution in [2.45, 2.75) is 58.7 Å². The highest BCUT2D eigenvalue weighted by atomic mass is 79.9. The molecule has 0 aliphatic heterocycles. The van der Waals surface area contributed by atoms with Gasteiger partial charge in [0, 0.05) is 28.5 Å². The molecule has 0 saturated carbocycles. The van der Waals surface area contributed by atoms with Crippen LogP contribution in [0.1, 0.15) is 44.4 Å². The Hall–Kier alpha value is -2.54. The number of nitrogens with one attached hydrogen (secondary N) is 1. The molecule has 1 unspecified atom stereocenters. The highest BCUT2D eigenvalue weighted by molar-refractivity contribution is 9.10. The minimum absolute atomic E-state index is 0.114. The van der Waals surface area contributed by atoms with E-state index in [-0.39, 0.29) is 25.0 Å². The number of carbonyl (C=O) groups is 2. The summed E-state index contributed by atoms with van der Waals surface area (Å²) >= 11 is 16.1. The molecule has 5 nitrogen and oxygen atoms in total. The van der Waals surface area contributed by atoms with E-state index in [1.165, 1.54) is 4.90 Å². The van der Waals surface area contributed by atoms with E-state index in [0.717, 1.165) is 22.0 Å². The predicted molar refractivity (Wildman–Crippen MR) is 158 cm³/mol. The summed E-state index contributed by atoms with van der Waals surface area (Å²) in [6.45, 7) is 7.67. The number of nitrogens with zero attached hydrogens (tertiary/aromatic N) is 1. The summed E-state index contributed by atoms with van der Waals surface area (Å²) in [5.74, 6) is -0.0421. The number of hydrogen-bond acceptors (Lipinski definition) is 3. The molecule has 8 heteroatoms. The average Bonchev–Trinajstić information content (AvgIpc) is 2.85. The number of hydrogen-bond donors (Lipinski definition) is 1. The molecule has 0 bridgehead atoms. The molecule has 0 fully saturated rings. The van der Waals surface area contributed by atoms with E-state index < -0.39 is 11.6 Å². The van der Waals surface area contributed by atoms with Gasteiger partial charge in [-0.2, -0.15) is 0 Å². The molecule has 0 heterocycles. The lowest BCUT2D eigenvalue weighted by Crippen LogP contribution is -2.55. The maximum Gasteiger partial charge on any atom is 0.261 e. The van der Waals surface area contributed by atoms with Gasteiger partial charge in [0.15, 0.2) is 6.61 Å². The second-order valence-corrected chi connectivity index (χ2v) is 11.8. The van der Waals surface area contributed by atoms with Crippen molar-refractivity contribution in [2.24, 2.45) is 0 Å². The molecule has 202 valence electrons. The molecule has 0 saturated heterocycles. The van der Waals surface area contributed by atoms with E-state index in [2.05, 4.69) is 28.2 Å². The highest BCUT2D eigenvalue weighted by Gasteiger charge is 2.33. The van der Waals surface area contributed by atoms with Crippen LogP contribution in [0.5, 0.6) is 5.75 Å². The fraction of sp³-hybridized carbons (Fsp3) is 0.333. The maximum atomic E-state index is 13.8. The third kappa shape index (κ3) is 8.75. The monoisotopic (exact) mass is 618 g/mol. The molecular weight excluding hydrogens is 587 g/mol. The number of carbonyl (C=O) groups excluding carboxylic acids is 2. The molecule has 38 heavy (non-hydrogen) atoms. The van der Waals surface area contributed by atoms with E-state index in [1.54, 1.807) is 18.2 Å². The average molecular weight is 620 g/mol. The lowest BCUT2D eigenvalue weighted by atomic mass is 10.0. The SMILES string of the molecule is CCc1ccc(OCC(=O)N(Cc2ccc(Cl)cc2Cl)C(Cc2ccccc2)C(=O)NC(C)(C)C)c(Br)c1. The Morgan fingerprint density at radius 3 is 2.32 bits per heavy atom. The van der Waals surface area contributed by atoms with Gasteiger partial charge >= 0.3 is 0 Å². The zero-order valence-electron chi connectivity index (χ0n) is 22.1. The molecule has 3 rings (SSSR count). The third-order valence-corrected chi connectivity index (χ3v) is 7.09.